The second-order valence-electron chi connectivity index (χ2n) is 3.03. The van der Waals surface area contributed by atoms with Crippen LogP contribution in [0.2, 0.25) is 0 Å². The summed E-state index contributed by atoms with van der Waals surface area (Å²) < 4.78 is 10.6. The first-order valence-electron chi connectivity index (χ1n) is 4.82. The van der Waals surface area contributed by atoms with Crippen LogP contribution in [-0.2, 0) is 0 Å². The minimum Gasteiger partial charge on any atom is -0.493 e. The summed E-state index contributed by atoms with van der Waals surface area (Å²) in [5, 5.41) is 8.74. The maximum Gasteiger partial charge on any atom is 0.162 e. The Balaban J connectivity index is 2.78. The number of unbranched alkanes of at least 4 members (excludes halogenated alkanes) is 1. The maximum absolute atomic E-state index is 8.74. The average Bonchev–Trinajstić information content (AvgIpc) is 2.29. The molecule has 0 atom stereocenters. The van der Waals surface area contributed by atoms with Crippen molar-refractivity contribution < 1.29 is 9.47 Å². The number of nitrogens with zero attached hydrogens (tertiary/aromatic N) is 1. The number of nitriles is 1. The summed E-state index contributed by atoms with van der Waals surface area (Å²) in [5.41, 5.74) is 0.570. The van der Waals surface area contributed by atoms with Gasteiger partial charge in [-0.25, -0.2) is 0 Å². The molecular formula is C12H14NO2+. The number of methoxy groups -OCH3 is 1. The molecule has 0 amide bonds. The van der Waals surface area contributed by atoms with Gasteiger partial charge in [0.2, 0.25) is 0 Å². The molecule has 0 aliphatic rings. The molecule has 0 N–H and O–H groups in total. The van der Waals surface area contributed by atoms with Crippen LogP contribution in [0.1, 0.15) is 18.4 Å². The quantitative estimate of drug-likeness (QED) is 0.546. The third kappa shape index (κ3) is 3.10. The molecule has 0 saturated carbocycles. The standard InChI is InChI=1S/C12H14NO2/c1-3-4-7-15-12-8-10(9-13)5-6-11(12)14-2/h5-6,8H,1,3-4,7H2,2H3/q+1. The van der Waals surface area contributed by atoms with E-state index in [1.54, 1.807) is 25.3 Å². The van der Waals surface area contributed by atoms with E-state index >= 15 is 0 Å². The van der Waals surface area contributed by atoms with Gasteiger partial charge in [0, 0.05) is 12.5 Å². The van der Waals surface area contributed by atoms with Crippen molar-refractivity contribution in [2.75, 3.05) is 13.7 Å². The van der Waals surface area contributed by atoms with Gasteiger partial charge in [0.1, 0.15) is 0 Å². The van der Waals surface area contributed by atoms with Crippen LogP contribution in [0.5, 0.6) is 11.5 Å². The minimum absolute atomic E-state index is 0.570. The maximum atomic E-state index is 8.74. The minimum atomic E-state index is 0.570. The molecule has 78 valence electrons. The average molecular weight is 204 g/mol. The zero-order chi connectivity index (χ0) is 11.1. The van der Waals surface area contributed by atoms with Crippen LogP contribution in [0.25, 0.3) is 0 Å². The fourth-order valence-electron chi connectivity index (χ4n) is 1.14. The van der Waals surface area contributed by atoms with E-state index in [2.05, 4.69) is 13.0 Å². The molecule has 0 radical (unpaired) electrons. The first-order chi connectivity index (χ1) is 7.31. The van der Waals surface area contributed by atoms with Crippen LogP contribution in [0.3, 0.4) is 0 Å². The van der Waals surface area contributed by atoms with Crippen molar-refractivity contribution in [3.05, 3.63) is 30.7 Å². The van der Waals surface area contributed by atoms with Gasteiger partial charge in [0.15, 0.2) is 11.5 Å². The van der Waals surface area contributed by atoms with E-state index < -0.39 is 0 Å². The molecule has 3 heteroatoms. The van der Waals surface area contributed by atoms with Crippen molar-refractivity contribution >= 4 is 0 Å². The summed E-state index contributed by atoms with van der Waals surface area (Å²) in [6, 6.07) is 7.18. The van der Waals surface area contributed by atoms with Crippen LogP contribution >= 0.6 is 0 Å². The van der Waals surface area contributed by atoms with Crippen molar-refractivity contribution in [3.63, 3.8) is 0 Å². The third-order valence-corrected chi connectivity index (χ3v) is 1.94. The van der Waals surface area contributed by atoms with E-state index in [-0.39, 0.29) is 0 Å². The van der Waals surface area contributed by atoms with Gasteiger partial charge < -0.3 is 9.47 Å². The molecule has 3 nitrogen and oxygen atoms in total. The first kappa shape index (κ1) is 11.3. The van der Waals surface area contributed by atoms with E-state index in [1.807, 2.05) is 0 Å². The molecule has 1 aromatic rings. The summed E-state index contributed by atoms with van der Waals surface area (Å²) in [6.45, 7) is 4.32. The number of ether oxygens (including phenoxy) is 2. The fourth-order valence-corrected chi connectivity index (χ4v) is 1.14. The molecule has 0 aliphatic carbocycles. The Kier molecular flexibility index (Phi) is 4.36. The van der Waals surface area contributed by atoms with Gasteiger partial charge in [0.05, 0.1) is 38.7 Å². The molecule has 15 heavy (non-hydrogen) atoms. The monoisotopic (exact) mass is 204 g/mol. The van der Waals surface area contributed by atoms with Crippen LogP contribution in [0.15, 0.2) is 18.2 Å². The largest absolute Gasteiger partial charge is 0.493 e. The highest BCUT2D eigenvalue weighted by molar-refractivity contribution is 5.46. The third-order valence-electron chi connectivity index (χ3n) is 1.94. The lowest BCUT2D eigenvalue weighted by molar-refractivity contribution is 0.290. The topological polar surface area (TPSA) is 42.2 Å². The summed E-state index contributed by atoms with van der Waals surface area (Å²) in [4.78, 5) is 0. The van der Waals surface area contributed by atoms with Gasteiger partial charge in [-0.05, 0) is 12.1 Å². The Hall–Kier alpha value is -1.82. The lowest BCUT2D eigenvalue weighted by Crippen LogP contribution is -1.99. The molecule has 0 spiro atoms. The van der Waals surface area contributed by atoms with E-state index in [1.165, 1.54) is 0 Å². The molecule has 0 fully saturated rings. The zero-order valence-electron chi connectivity index (χ0n) is 8.82. The number of hydrogen-bond donors (Lipinski definition) is 0. The Bertz CT molecular complexity index is 355. The Morgan fingerprint density at radius 1 is 1.40 bits per heavy atom. The van der Waals surface area contributed by atoms with Crippen molar-refractivity contribution in [1.29, 1.82) is 5.26 Å². The number of benzene rings is 1. The molecule has 0 unspecified atom stereocenters. The summed E-state index contributed by atoms with van der Waals surface area (Å²) in [5.74, 6) is 1.27. The van der Waals surface area contributed by atoms with Crippen molar-refractivity contribution in [1.82, 2.24) is 0 Å². The Morgan fingerprint density at radius 3 is 2.80 bits per heavy atom. The summed E-state index contributed by atoms with van der Waals surface area (Å²) in [7, 11) is 1.58. The predicted molar refractivity (Wildman–Crippen MR) is 57.8 cm³/mol. The number of hydrogen-bond acceptors (Lipinski definition) is 3. The second kappa shape index (κ2) is 5.82. The van der Waals surface area contributed by atoms with Gasteiger partial charge in [-0.3, -0.25) is 0 Å². The predicted octanol–water partition coefficient (Wildman–Crippen LogP) is 2.56. The lowest BCUT2D eigenvalue weighted by Gasteiger charge is -2.09. The van der Waals surface area contributed by atoms with Gasteiger partial charge in [-0.1, -0.05) is 0 Å². The molecular weight excluding hydrogens is 190 g/mol. The highest BCUT2D eigenvalue weighted by atomic mass is 16.5. The lowest BCUT2D eigenvalue weighted by atomic mass is 10.2. The fraction of sp³-hybridized carbons (Fsp3) is 0.333. The highest BCUT2D eigenvalue weighted by Crippen LogP contribution is 2.27. The zero-order valence-corrected chi connectivity index (χ0v) is 8.82. The smallest absolute Gasteiger partial charge is 0.162 e. The second-order valence-corrected chi connectivity index (χ2v) is 3.03. The van der Waals surface area contributed by atoms with Crippen LogP contribution in [-0.4, -0.2) is 13.7 Å². The van der Waals surface area contributed by atoms with Gasteiger partial charge in [0.25, 0.3) is 0 Å². The Labute approximate surface area is 90.2 Å². The van der Waals surface area contributed by atoms with Crippen LogP contribution in [0.4, 0.5) is 0 Å². The summed E-state index contributed by atoms with van der Waals surface area (Å²) in [6.07, 6.45) is 1.72. The van der Waals surface area contributed by atoms with Gasteiger partial charge in [-0.15, -0.1) is 0 Å². The van der Waals surface area contributed by atoms with Crippen molar-refractivity contribution in [2.24, 2.45) is 0 Å². The van der Waals surface area contributed by atoms with Gasteiger partial charge >= 0.3 is 0 Å². The molecule has 0 heterocycles. The van der Waals surface area contributed by atoms with Crippen molar-refractivity contribution in [3.8, 4) is 17.6 Å². The van der Waals surface area contributed by atoms with E-state index in [0.29, 0.717) is 23.7 Å². The summed E-state index contributed by atoms with van der Waals surface area (Å²) >= 11 is 0. The van der Waals surface area contributed by atoms with Crippen molar-refractivity contribution in [2.45, 2.75) is 12.8 Å². The van der Waals surface area contributed by atoms with Gasteiger partial charge in [-0.2, -0.15) is 5.26 Å². The molecule has 1 aromatic carbocycles. The normalized spacial score (nSPS) is 9.33. The molecule has 0 aromatic heterocycles. The molecule has 0 aliphatic heterocycles. The van der Waals surface area contributed by atoms with Crippen LogP contribution in [0, 0.1) is 18.3 Å². The van der Waals surface area contributed by atoms with E-state index in [9.17, 15) is 0 Å². The molecule has 0 bridgehead atoms. The first-order valence-corrected chi connectivity index (χ1v) is 4.82. The van der Waals surface area contributed by atoms with E-state index in [4.69, 9.17) is 14.7 Å². The number of rotatable bonds is 5. The Morgan fingerprint density at radius 2 is 2.20 bits per heavy atom. The van der Waals surface area contributed by atoms with Crippen LogP contribution < -0.4 is 9.47 Å². The van der Waals surface area contributed by atoms with E-state index in [0.717, 1.165) is 12.8 Å². The molecule has 1 rings (SSSR count). The molecule has 0 saturated heterocycles. The highest BCUT2D eigenvalue weighted by Gasteiger charge is 2.05. The SMILES string of the molecule is [CH2+]CCCOc1cc(C#N)ccc1OC.